The number of fused-ring (bicyclic) bond motifs is 1. The molecule has 2 aromatic rings. The summed E-state index contributed by atoms with van der Waals surface area (Å²) in [5.74, 6) is -0.705. The zero-order valence-electron chi connectivity index (χ0n) is 15.9. The summed E-state index contributed by atoms with van der Waals surface area (Å²) in [7, 11) is 0. The molecule has 0 spiro atoms. The minimum Gasteiger partial charge on any atom is -0.485 e. The predicted octanol–water partition coefficient (Wildman–Crippen LogP) is 4.30. The lowest BCUT2D eigenvalue weighted by Gasteiger charge is -2.22. The molecule has 2 aromatic carbocycles. The second-order valence-electron chi connectivity index (χ2n) is 7.38. The Morgan fingerprint density at radius 2 is 1.90 bits per heavy atom. The minimum atomic E-state index is -0.316. The third kappa shape index (κ3) is 3.70. The number of halogens is 1. The fraction of sp³-hybridized carbons (Fsp3) is 0.261. The number of Topliss-reactive ketones (excluding diaryl/α,β-unsaturated/α-hetero) is 1. The smallest absolute Gasteiger partial charge is 0.238 e. The van der Waals surface area contributed by atoms with Gasteiger partial charge in [-0.1, -0.05) is 36.7 Å². The van der Waals surface area contributed by atoms with Crippen LogP contribution in [0.25, 0.3) is 0 Å². The van der Waals surface area contributed by atoms with E-state index in [0.717, 1.165) is 0 Å². The van der Waals surface area contributed by atoms with E-state index in [9.17, 15) is 14.4 Å². The number of amides is 2. The van der Waals surface area contributed by atoms with Crippen molar-refractivity contribution in [3.63, 3.8) is 0 Å². The van der Waals surface area contributed by atoms with Crippen LogP contribution in [0.1, 0.15) is 23.7 Å². The van der Waals surface area contributed by atoms with Crippen molar-refractivity contribution in [1.82, 2.24) is 0 Å². The van der Waals surface area contributed by atoms with Gasteiger partial charge in [0.05, 0.1) is 17.5 Å². The van der Waals surface area contributed by atoms with E-state index >= 15 is 0 Å². The number of hydrogen-bond donors (Lipinski definition) is 0. The van der Waals surface area contributed by atoms with Crippen molar-refractivity contribution in [2.45, 2.75) is 13.3 Å². The highest BCUT2D eigenvalue weighted by Crippen LogP contribution is 2.40. The van der Waals surface area contributed by atoms with Crippen LogP contribution in [0.5, 0.6) is 5.75 Å². The average molecular weight is 410 g/mol. The number of allylic oxidation sites excluding steroid dienone is 2. The number of carbonyl (C=O) groups excluding carboxylic acids is 3. The number of hydrogen-bond acceptors (Lipinski definition) is 4. The quantitative estimate of drug-likeness (QED) is 0.419. The summed E-state index contributed by atoms with van der Waals surface area (Å²) in [6.45, 7) is 1.81. The van der Waals surface area contributed by atoms with E-state index in [0.29, 0.717) is 28.4 Å². The van der Waals surface area contributed by atoms with Crippen LogP contribution in [-0.4, -0.2) is 24.2 Å². The first-order valence-corrected chi connectivity index (χ1v) is 9.89. The molecule has 0 aromatic heterocycles. The summed E-state index contributed by atoms with van der Waals surface area (Å²) >= 11 is 5.84. The lowest BCUT2D eigenvalue weighted by molar-refractivity contribution is -0.122. The molecule has 1 aliphatic heterocycles. The van der Waals surface area contributed by atoms with Gasteiger partial charge in [0.25, 0.3) is 0 Å². The summed E-state index contributed by atoms with van der Waals surface area (Å²) in [4.78, 5) is 39.3. The molecular weight excluding hydrogens is 390 g/mol. The number of imide groups is 1. The molecule has 0 radical (unpaired) electrons. The maximum Gasteiger partial charge on any atom is 0.238 e. The molecule has 0 saturated carbocycles. The molecule has 5 nitrogen and oxygen atoms in total. The predicted molar refractivity (Wildman–Crippen MR) is 110 cm³/mol. The lowest BCUT2D eigenvalue weighted by Crippen LogP contribution is -2.31. The standard InChI is InChI=1S/C23H20ClNO4/c1-14-4-2-7-19-21(14)23(28)25(22(19)27)17-5-3-6-18(12-17)29-13-20(26)15-8-10-16(24)11-9-15/h2-6,8-12,14,19,21H,7,13H2,1H3/t14-,19+,21+/m1/s1. The molecule has 1 saturated heterocycles. The molecule has 4 rings (SSSR count). The Kier molecular flexibility index (Phi) is 5.24. The molecule has 148 valence electrons. The van der Waals surface area contributed by atoms with Crippen molar-refractivity contribution in [3.05, 3.63) is 71.3 Å². The van der Waals surface area contributed by atoms with Crippen LogP contribution in [-0.2, 0) is 9.59 Å². The number of benzene rings is 2. The second kappa shape index (κ2) is 7.84. The fourth-order valence-corrected chi connectivity index (χ4v) is 4.11. The molecule has 29 heavy (non-hydrogen) atoms. The van der Waals surface area contributed by atoms with Gasteiger partial charge in [-0.05, 0) is 48.7 Å². The number of carbonyl (C=O) groups is 3. The topological polar surface area (TPSA) is 63.7 Å². The van der Waals surface area contributed by atoms with Crippen LogP contribution in [0, 0.1) is 17.8 Å². The van der Waals surface area contributed by atoms with E-state index in [1.165, 1.54) is 4.90 Å². The Hall–Kier alpha value is -2.92. The van der Waals surface area contributed by atoms with Crippen LogP contribution in [0.3, 0.4) is 0 Å². The Labute approximate surface area is 173 Å². The Balaban J connectivity index is 1.49. The van der Waals surface area contributed by atoms with Gasteiger partial charge in [0.1, 0.15) is 5.75 Å². The molecule has 2 aliphatic rings. The first kappa shape index (κ1) is 19.4. The SMILES string of the molecule is C[C@@H]1C=CC[C@@H]2C(=O)N(c3cccc(OCC(=O)c4ccc(Cl)cc4)c3)C(=O)[C@@H]12. The van der Waals surface area contributed by atoms with Crippen LogP contribution in [0.15, 0.2) is 60.7 Å². The molecule has 0 bridgehead atoms. The van der Waals surface area contributed by atoms with Crippen molar-refractivity contribution >= 4 is 34.9 Å². The van der Waals surface area contributed by atoms with Crippen LogP contribution in [0.4, 0.5) is 5.69 Å². The summed E-state index contributed by atoms with van der Waals surface area (Å²) in [5.41, 5.74) is 0.971. The molecule has 3 atom stereocenters. The molecule has 6 heteroatoms. The molecule has 1 fully saturated rings. The van der Waals surface area contributed by atoms with E-state index in [1.54, 1.807) is 48.5 Å². The summed E-state index contributed by atoms with van der Waals surface area (Å²) in [6.07, 6.45) is 4.56. The van der Waals surface area contributed by atoms with Crippen LogP contribution >= 0.6 is 11.6 Å². The first-order valence-electron chi connectivity index (χ1n) is 9.52. The summed E-state index contributed by atoms with van der Waals surface area (Å²) < 4.78 is 5.62. The molecule has 0 unspecified atom stereocenters. The number of anilines is 1. The molecular formula is C23H20ClNO4. The third-order valence-corrected chi connectivity index (χ3v) is 5.74. The van der Waals surface area contributed by atoms with Crippen LogP contribution < -0.4 is 9.64 Å². The highest BCUT2D eigenvalue weighted by atomic mass is 35.5. The van der Waals surface area contributed by atoms with Crippen molar-refractivity contribution in [1.29, 1.82) is 0 Å². The maximum absolute atomic E-state index is 12.9. The Morgan fingerprint density at radius 3 is 2.62 bits per heavy atom. The first-order chi connectivity index (χ1) is 14.0. The van der Waals surface area contributed by atoms with Crippen molar-refractivity contribution in [3.8, 4) is 5.75 Å². The number of nitrogens with zero attached hydrogens (tertiary/aromatic N) is 1. The Bertz CT molecular complexity index is 998. The summed E-state index contributed by atoms with van der Waals surface area (Å²) in [5, 5.41) is 0.556. The van der Waals surface area contributed by atoms with Gasteiger partial charge in [-0.25, -0.2) is 4.90 Å². The normalized spacial score (nSPS) is 23.2. The lowest BCUT2D eigenvalue weighted by atomic mass is 9.78. The van der Waals surface area contributed by atoms with Gasteiger partial charge in [0, 0.05) is 16.7 Å². The maximum atomic E-state index is 12.9. The van der Waals surface area contributed by atoms with Crippen molar-refractivity contribution in [2.24, 2.45) is 17.8 Å². The zero-order chi connectivity index (χ0) is 20.5. The van der Waals surface area contributed by atoms with E-state index in [2.05, 4.69) is 0 Å². The average Bonchev–Trinajstić information content (AvgIpc) is 2.98. The number of ketones is 1. The number of ether oxygens (including phenoxy) is 1. The molecule has 1 aliphatic carbocycles. The van der Waals surface area contributed by atoms with Gasteiger partial charge < -0.3 is 4.74 Å². The van der Waals surface area contributed by atoms with Gasteiger partial charge in [0.2, 0.25) is 11.8 Å². The van der Waals surface area contributed by atoms with E-state index in [1.807, 2.05) is 19.1 Å². The zero-order valence-corrected chi connectivity index (χ0v) is 16.6. The summed E-state index contributed by atoms with van der Waals surface area (Å²) in [6, 6.07) is 13.3. The highest BCUT2D eigenvalue weighted by Gasteiger charge is 2.50. The highest BCUT2D eigenvalue weighted by molar-refractivity contribution is 6.30. The minimum absolute atomic E-state index is 0.0339. The second-order valence-corrected chi connectivity index (χ2v) is 7.82. The van der Waals surface area contributed by atoms with Gasteiger partial charge in [-0.2, -0.15) is 0 Å². The fourth-order valence-electron chi connectivity index (χ4n) is 3.98. The van der Waals surface area contributed by atoms with Gasteiger partial charge >= 0.3 is 0 Å². The van der Waals surface area contributed by atoms with E-state index < -0.39 is 0 Å². The van der Waals surface area contributed by atoms with Crippen LogP contribution in [0.2, 0.25) is 5.02 Å². The third-order valence-electron chi connectivity index (χ3n) is 5.48. The largest absolute Gasteiger partial charge is 0.485 e. The van der Waals surface area contributed by atoms with Crippen molar-refractivity contribution in [2.75, 3.05) is 11.5 Å². The Morgan fingerprint density at radius 1 is 1.14 bits per heavy atom. The van der Waals surface area contributed by atoms with Crippen molar-refractivity contribution < 1.29 is 19.1 Å². The molecule has 1 heterocycles. The van der Waals surface area contributed by atoms with E-state index in [-0.39, 0.29) is 42.0 Å². The van der Waals surface area contributed by atoms with E-state index in [4.69, 9.17) is 16.3 Å². The molecule has 0 N–H and O–H groups in total. The monoisotopic (exact) mass is 409 g/mol. The van der Waals surface area contributed by atoms with Gasteiger partial charge in [-0.3, -0.25) is 14.4 Å². The number of rotatable bonds is 5. The van der Waals surface area contributed by atoms with Gasteiger partial charge in [0.15, 0.2) is 12.4 Å². The molecule has 2 amide bonds. The van der Waals surface area contributed by atoms with Gasteiger partial charge in [-0.15, -0.1) is 0 Å².